The van der Waals surface area contributed by atoms with E-state index in [1.165, 1.54) is 25.3 Å². The first-order valence-corrected chi connectivity index (χ1v) is 7.42. The van der Waals surface area contributed by atoms with Gasteiger partial charge >= 0.3 is 0 Å². The summed E-state index contributed by atoms with van der Waals surface area (Å²) in [6.45, 7) is 4.34. The summed E-state index contributed by atoms with van der Waals surface area (Å²) in [7, 11) is 2.01. The minimum absolute atomic E-state index is 0.127. The van der Waals surface area contributed by atoms with E-state index in [2.05, 4.69) is 23.2 Å². The Bertz CT molecular complexity index is 392. The molecule has 106 valence electrons. The number of halogens is 1. The Hall–Kier alpha value is -0.930. The van der Waals surface area contributed by atoms with E-state index >= 15 is 0 Å². The normalized spacial score (nSPS) is 22.4. The predicted octanol–water partition coefficient (Wildman–Crippen LogP) is 3.35. The lowest BCUT2D eigenvalue weighted by atomic mass is 9.95. The summed E-state index contributed by atoms with van der Waals surface area (Å²) >= 11 is 0. The third-order valence-corrected chi connectivity index (χ3v) is 4.13. The van der Waals surface area contributed by atoms with Crippen molar-refractivity contribution in [3.05, 3.63) is 35.6 Å². The van der Waals surface area contributed by atoms with Crippen LogP contribution in [0.1, 0.15) is 44.2 Å². The zero-order chi connectivity index (χ0) is 13.7. The third kappa shape index (κ3) is 3.54. The number of piperidine rings is 1. The Morgan fingerprint density at radius 2 is 2.26 bits per heavy atom. The van der Waals surface area contributed by atoms with Gasteiger partial charge in [0.2, 0.25) is 0 Å². The van der Waals surface area contributed by atoms with E-state index in [0.29, 0.717) is 12.1 Å². The number of hydrogen-bond acceptors (Lipinski definition) is 2. The fraction of sp³-hybridized carbons (Fsp3) is 0.625. The summed E-state index contributed by atoms with van der Waals surface area (Å²) in [6.07, 6.45) is 4.84. The van der Waals surface area contributed by atoms with Gasteiger partial charge in [0.05, 0.1) is 0 Å². The van der Waals surface area contributed by atoms with E-state index in [1.54, 1.807) is 6.07 Å². The molecule has 1 aromatic rings. The smallest absolute Gasteiger partial charge is 0.123 e. The summed E-state index contributed by atoms with van der Waals surface area (Å²) in [5.41, 5.74) is 1.12. The highest BCUT2D eigenvalue weighted by molar-refractivity contribution is 5.20. The van der Waals surface area contributed by atoms with Gasteiger partial charge in [-0.2, -0.15) is 0 Å². The number of benzene rings is 1. The number of likely N-dealkylation sites (N-methyl/N-ethyl adjacent to an activating group) is 1. The molecule has 1 aromatic carbocycles. The highest BCUT2D eigenvalue weighted by Gasteiger charge is 2.28. The molecule has 1 N–H and O–H groups in total. The van der Waals surface area contributed by atoms with Crippen LogP contribution in [-0.4, -0.2) is 31.1 Å². The number of hydrogen-bond donors (Lipinski definition) is 1. The molecule has 1 fully saturated rings. The van der Waals surface area contributed by atoms with Gasteiger partial charge in [0, 0.05) is 18.6 Å². The Morgan fingerprint density at radius 1 is 1.42 bits per heavy atom. The molecule has 0 aliphatic carbocycles. The van der Waals surface area contributed by atoms with Crippen LogP contribution in [0, 0.1) is 5.82 Å². The molecule has 1 aliphatic rings. The second kappa shape index (κ2) is 7.01. The summed E-state index contributed by atoms with van der Waals surface area (Å²) in [5, 5.41) is 3.29. The summed E-state index contributed by atoms with van der Waals surface area (Å²) in [4.78, 5) is 2.56. The van der Waals surface area contributed by atoms with Gasteiger partial charge in [-0.3, -0.25) is 4.90 Å². The van der Waals surface area contributed by atoms with Crippen LogP contribution in [0.15, 0.2) is 24.3 Å². The minimum atomic E-state index is -0.127. The number of nitrogens with zero attached hydrogens (tertiary/aromatic N) is 1. The molecule has 19 heavy (non-hydrogen) atoms. The zero-order valence-corrected chi connectivity index (χ0v) is 12.0. The van der Waals surface area contributed by atoms with Gasteiger partial charge in [-0.25, -0.2) is 4.39 Å². The van der Waals surface area contributed by atoms with E-state index in [-0.39, 0.29) is 5.82 Å². The van der Waals surface area contributed by atoms with Crippen molar-refractivity contribution in [1.82, 2.24) is 10.2 Å². The Kier molecular flexibility index (Phi) is 5.34. The van der Waals surface area contributed by atoms with Crippen molar-refractivity contribution in [3.63, 3.8) is 0 Å². The molecule has 1 heterocycles. The van der Waals surface area contributed by atoms with E-state index in [0.717, 1.165) is 25.1 Å². The molecular weight excluding hydrogens is 239 g/mol. The fourth-order valence-electron chi connectivity index (χ4n) is 3.26. The van der Waals surface area contributed by atoms with Gasteiger partial charge < -0.3 is 5.32 Å². The maximum absolute atomic E-state index is 13.4. The van der Waals surface area contributed by atoms with Crippen molar-refractivity contribution in [3.8, 4) is 0 Å². The lowest BCUT2D eigenvalue weighted by Gasteiger charge is -2.41. The Labute approximate surface area is 116 Å². The van der Waals surface area contributed by atoms with Crippen LogP contribution in [-0.2, 0) is 0 Å². The fourth-order valence-corrected chi connectivity index (χ4v) is 3.26. The molecule has 0 spiro atoms. The molecule has 0 aromatic heterocycles. The molecule has 1 saturated heterocycles. The van der Waals surface area contributed by atoms with Crippen LogP contribution in [0.5, 0.6) is 0 Å². The number of rotatable bonds is 5. The zero-order valence-electron chi connectivity index (χ0n) is 12.0. The SMILES string of the molecule is CCC(c1cccc(F)c1)N1CCCCC1CNC. The highest BCUT2D eigenvalue weighted by Crippen LogP contribution is 2.31. The van der Waals surface area contributed by atoms with Gasteiger partial charge in [0.15, 0.2) is 0 Å². The quantitative estimate of drug-likeness (QED) is 0.877. The van der Waals surface area contributed by atoms with Crippen molar-refractivity contribution < 1.29 is 4.39 Å². The van der Waals surface area contributed by atoms with E-state index in [4.69, 9.17) is 0 Å². The van der Waals surface area contributed by atoms with Crippen molar-refractivity contribution in [2.75, 3.05) is 20.1 Å². The maximum atomic E-state index is 13.4. The third-order valence-electron chi connectivity index (χ3n) is 4.13. The van der Waals surface area contributed by atoms with Crippen molar-refractivity contribution in [2.24, 2.45) is 0 Å². The van der Waals surface area contributed by atoms with Crippen LogP contribution < -0.4 is 5.32 Å². The Balaban J connectivity index is 2.19. The average molecular weight is 264 g/mol. The Morgan fingerprint density at radius 3 is 2.95 bits per heavy atom. The summed E-state index contributed by atoms with van der Waals surface area (Å²) in [6, 6.07) is 8.02. The van der Waals surface area contributed by atoms with Crippen LogP contribution in [0.4, 0.5) is 4.39 Å². The van der Waals surface area contributed by atoms with Crippen LogP contribution in [0.3, 0.4) is 0 Å². The van der Waals surface area contributed by atoms with E-state index in [1.807, 2.05) is 13.1 Å². The van der Waals surface area contributed by atoms with Crippen LogP contribution in [0.25, 0.3) is 0 Å². The van der Waals surface area contributed by atoms with Crippen LogP contribution in [0.2, 0.25) is 0 Å². The lowest BCUT2D eigenvalue weighted by molar-refractivity contribution is 0.0915. The second-order valence-electron chi connectivity index (χ2n) is 5.42. The highest BCUT2D eigenvalue weighted by atomic mass is 19.1. The van der Waals surface area contributed by atoms with Crippen molar-refractivity contribution in [2.45, 2.75) is 44.7 Å². The van der Waals surface area contributed by atoms with Crippen molar-refractivity contribution >= 4 is 0 Å². The first kappa shape index (κ1) is 14.5. The van der Waals surface area contributed by atoms with Crippen molar-refractivity contribution in [1.29, 1.82) is 0 Å². The van der Waals surface area contributed by atoms with Gasteiger partial charge in [0.1, 0.15) is 5.82 Å². The maximum Gasteiger partial charge on any atom is 0.123 e. The molecule has 0 saturated carbocycles. The molecule has 0 bridgehead atoms. The number of nitrogens with one attached hydrogen (secondary N) is 1. The van der Waals surface area contributed by atoms with Gasteiger partial charge in [-0.05, 0) is 50.6 Å². The van der Waals surface area contributed by atoms with Gasteiger partial charge in [0.25, 0.3) is 0 Å². The lowest BCUT2D eigenvalue weighted by Crippen LogP contribution is -2.46. The topological polar surface area (TPSA) is 15.3 Å². The van der Waals surface area contributed by atoms with E-state index in [9.17, 15) is 4.39 Å². The first-order valence-electron chi connectivity index (χ1n) is 7.42. The monoisotopic (exact) mass is 264 g/mol. The average Bonchev–Trinajstić information content (AvgIpc) is 2.42. The molecule has 3 heteroatoms. The van der Waals surface area contributed by atoms with Gasteiger partial charge in [-0.15, -0.1) is 0 Å². The molecule has 0 radical (unpaired) electrons. The van der Waals surface area contributed by atoms with Gasteiger partial charge in [-0.1, -0.05) is 25.5 Å². The number of likely N-dealkylation sites (tertiary alicyclic amines) is 1. The molecule has 2 unspecified atom stereocenters. The standard InChI is InChI=1S/C16H25FN2/c1-3-16(13-7-6-8-14(17)11-13)19-10-5-4-9-15(19)12-18-2/h6-8,11,15-16,18H,3-5,9-10,12H2,1-2H3. The molecule has 1 aliphatic heterocycles. The molecule has 2 rings (SSSR count). The summed E-state index contributed by atoms with van der Waals surface area (Å²) in [5.74, 6) is -0.127. The predicted molar refractivity (Wildman–Crippen MR) is 77.7 cm³/mol. The second-order valence-corrected chi connectivity index (χ2v) is 5.42. The van der Waals surface area contributed by atoms with E-state index < -0.39 is 0 Å². The molecule has 2 atom stereocenters. The largest absolute Gasteiger partial charge is 0.318 e. The summed E-state index contributed by atoms with van der Waals surface area (Å²) < 4.78 is 13.4. The van der Waals surface area contributed by atoms with Crippen LogP contribution >= 0.6 is 0 Å². The molecule has 0 amide bonds. The minimum Gasteiger partial charge on any atom is -0.318 e. The first-order chi connectivity index (χ1) is 9.26. The molecule has 2 nitrogen and oxygen atoms in total. The molecular formula is C16H25FN2.